The normalized spacial score (nSPS) is 14.6. The van der Waals surface area contributed by atoms with Crippen molar-refractivity contribution >= 4 is 16.5 Å². The quantitative estimate of drug-likeness (QED) is 0.636. The number of ether oxygens (including phenoxy) is 1. The lowest BCUT2D eigenvalue weighted by molar-refractivity contribution is 0.181. The Kier molecular flexibility index (Phi) is 6.93. The van der Waals surface area contributed by atoms with E-state index in [1.165, 1.54) is 35.8 Å². The van der Waals surface area contributed by atoms with Crippen molar-refractivity contribution in [3.63, 3.8) is 0 Å². The highest BCUT2D eigenvalue weighted by atomic mass is 32.1. The molecule has 1 fully saturated rings. The van der Waals surface area contributed by atoms with Crippen LogP contribution in [-0.2, 0) is 17.9 Å². The molecule has 0 saturated heterocycles. The van der Waals surface area contributed by atoms with Gasteiger partial charge in [0, 0.05) is 31.6 Å². The third-order valence-electron chi connectivity index (χ3n) is 3.70. The average Bonchev–Trinajstić information content (AvgIpc) is 3.20. The van der Waals surface area contributed by atoms with Crippen molar-refractivity contribution < 1.29 is 4.74 Å². The first-order valence-electron chi connectivity index (χ1n) is 8.21. The number of hydrogen-bond donors (Lipinski definition) is 1. The van der Waals surface area contributed by atoms with Crippen LogP contribution in [0, 0.1) is 5.92 Å². The summed E-state index contributed by atoms with van der Waals surface area (Å²) in [6, 6.07) is 0. The molecular weight excluding hydrogens is 282 g/mol. The maximum Gasteiger partial charge on any atom is 0.185 e. The summed E-state index contributed by atoms with van der Waals surface area (Å²) in [5, 5.41) is 4.67. The van der Waals surface area contributed by atoms with Crippen LogP contribution in [0.5, 0.6) is 0 Å². The number of thiazole rings is 1. The fourth-order valence-corrected chi connectivity index (χ4v) is 3.49. The van der Waals surface area contributed by atoms with Crippen molar-refractivity contribution in [2.45, 2.75) is 52.7 Å². The van der Waals surface area contributed by atoms with Crippen LogP contribution in [0.4, 0.5) is 5.13 Å². The second-order valence-corrected chi connectivity index (χ2v) is 6.93. The summed E-state index contributed by atoms with van der Waals surface area (Å²) in [7, 11) is 1.75. The molecule has 0 radical (unpaired) electrons. The van der Waals surface area contributed by atoms with Gasteiger partial charge in [-0.2, -0.15) is 0 Å². The molecule has 5 heteroatoms. The minimum Gasteiger partial charge on any atom is -0.378 e. The minimum absolute atomic E-state index is 0.614. The first-order chi connectivity index (χ1) is 10.3. The van der Waals surface area contributed by atoms with E-state index in [1.54, 1.807) is 7.11 Å². The minimum atomic E-state index is 0.614. The van der Waals surface area contributed by atoms with E-state index in [0.717, 1.165) is 37.7 Å². The van der Waals surface area contributed by atoms with Crippen molar-refractivity contribution in [3.8, 4) is 0 Å². The van der Waals surface area contributed by atoms with Gasteiger partial charge in [0.05, 0.1) is 12.3 Å². The maximum atomic E-state index is 5.32. The van der Waals surface area contributed by atoms with E-state index in [2.05, 4.69) is 24.1 Å². The van der Waals surface area contributed by atoms with Gasteiger partial charge < -0.3 is 15.0 Å². The van der Waals surface area contributed by atoms with Crippen LogP contribution < -0.4 is 10.2 Å². The zero-order valence-electron chi connectivity index (χ0n) is 13.7. The Bertz CT molecular complexity index is 418. The Morgan fingerprint density at radius 2 is 2.14 bits per heavy atom. The van der Waals surface area contributed by atoms with E-state index in [-0.39, 0.29) is 0 Å². The number of aromatic nitrogens is 1. The first-order valence-corrected chi connectivity index (χ1v) is 9.03. The zero-order valence-corrected chi connectivity index (χ0v) is 14.5. The van der Waals surface area contributed by atoms with Gasteiger partial charge in [0.15, 0.2) is 5.13 Å². The molecule has 120 valence electrons. The van der Waals surface area contributed by atoms with E-state index in [0.29, 0.717) is 6.61 Å². The molecular formula is C16H29N3OS. The van der Waals surface area contributed by atoms with Crippen LogP contribution in [0.15, 0.2) is 0 Å². The molecule has 2 rings (SSSR count). The molecule has 1 N–H and O–H groups in total. The van der Waals surface area contributed by atoms with E-state index >= 15 is 0 Å². The van der Waals surface area contributed by atoms with Gasteiger partial charge in [0.1, 0.15) is 0 Å². The highest BCUT2D eigenvalue weighted by molar-refractivity contribution is 7.15. The van der Waals surface area contributed by atoms with Crippen LogP contribution >= 0.6 is 11.3 Å². The number of nitrogens with one attached hydrogen (secondary N) is 1. The van der Waals surface area contributed by atoms with Gasteiger partial charge in [0.2, 0.25) is 0 Å². The summed E-state index contributed by atoms with van der Waals surface area (Å²) in [6.45, 7) is 9.30. The monoisotopic (exact) mass is 311 g/mol. The third kappa shape index (κ3) is 5.24. The fraction of sp³-hybridized carbons (Fsp3) is 0.812. The summed E-state index contributed by atoms with van der Waals surface area (Å²) in [5.41, 5.74) is 1.11. The number of methoxy groups -OCH3 is 1. The summed E-state index contributed by atoms with van der Waals surface area (Å²) < 4.78 is 5.32. The van der Waals surface area contributed by atoms with Crippen molar-refractivity contribution in [3.05, 3.63) is 10.6 Å². The predicted molar refractivity (Wildman–Crippen MR) is 90.1 cm³/mol. The Labute approximate surface area is 132 Å². The predicted octanol–water partition coefficient (Wildman–Crippen LogP) is 3.42. The van der Waals surface area contributed by atoms with E-state index < -0.39 is 0 Å². The number of anilines is 1. The molecule has 0 amide bonds. The standard InChI is InChI=1S/C16H29N3OS/c1-4-8-17-10-15-14(12-20-3)18-16(21-15)19(9-5-2)11-13-6-7-13/h13,17H,4-12H2,1-3H3. The first kappa shape index (κ1) is 16.7. The molecule has 0 aromatic carbocycles. The molecule has 0 bridgehead atoms. The zero-order chi connectivity index (χ0) is 15.1. The molecule has 1 aliphatic carbocycles. The number of nitrogens with zero attached hydrogens (tertiary/aromatic N) is 2. The van der Waals surface area contributed by atoms with Crippen LogP contribution in [0.1, 0.15) is 50.1 Å². The molecule has 0 atom stereocenters. The van der Waals surface area contributed by atoms with Gasteiger partial charge in [-0.05, 0) is 38.1 Å². The molecule has 21 heavy (non-hydrogen) atoms. The third-order valence-corrected chi connectivity index (χ3v) is 4.86. The Morgan fingerprint density at radius 1 is 1.33 bits per heavy atom. The van der Waals surface area contributed by atoms with Gasteiger partial charge in [-0.15, -0.1) is 11.3 Å². The second kappa shape index (κ2) is 8.71. The number of rotatable bonds is 11. The van der Waals surface area contributed by atoms with Crippen LogP contribution in [-0.4, -0.2) is 31.7 Å². The van der Waals surface area contributed by atoms with Gasteiger partial charge in [0.25, 0.3) is 0 Å². The topological polar surface area (TPSA) is 37.4 Å². The van der Waals surface area contributed by atoms with Crippen LogP contribution in [0.25, 0.3) is 0 Å². The number of hydrogen-bond acceptors (Lipinski definition) is 5. The maximum absolute atomic E-state index is 5.32. The van der Waals surface area contributed by atoms with Gasteiger partial charge in [-0.3, -0.25) is 0 Å². The average molecular weight is 311 g/mol. The highest BCUT2D eigenvalue weighted by Crippen LogP contribution is 2.34. The molecule has 1 aliphatic rings. The summed E-state index contributed by atoms with van der Waals surface area (Å²) >= 11 is 1.84. The van der Waals surface area contributed by atoms with Gasteiger partial charge in [-0.25, -0.2) is 4.98 Å². The second-order valence-electron chi connectivity index (χ2n) is 5.87. The van der Waals surface area contributed by atoms with Crippen molar-refractivity contribution in [2.24, 2.45) is 5.92 Å². The van der Waals surface area contributed by atoms with Crippen molar-refractivity contribution in [1.82, 2.24) is 10.3 Å². The van der Waals surface area contributed by atoms with Crippen LogP contribution in [0.2, 0.25) is 0 Å². The summed E-state index contributed by atoms with van der Waals surface area (Å²) in [4.78, 5) is 8.67. The SMILES string of the molecule is CCCNCc1sc(N(CCC)CC2CC2)nc1COC. The molecule has 1 heterocycles. The Hall–Kier alpha value is -0.650. The summed E-state index contributed by atoms with van der Waals surface area (Å²) in [5.74, 6) is 0.896. The van der Waals surface area contributed by atoms with E-state index in [9.17, 15) is 0 Å². The Morgan fingerprint density at radius 3 is 2.76 bits per heavy atom. The van der Waals surface area contributed by atoms with Crippen LogP contribution in [0.3, 0.4) is 0 Å². The highest BCUT2D eigenvalue weighted by Gasteiger charge is 2.26. The Balaban J connectivity index is 2.06. The van der Waals surface area contributed by atoms with Gasteiger partial charge >= 0.3 is 0 Å². The lowest BCUT2D eigenvalue weighted by Crippen LogP contribution is -2.26. The molecule has 1 saturated carbocycles. The smallest absolute Gasteiger partial charge is 0.185 e. The van der Waals surface area contributed by atoms with Crippen molar-refractivity contribution in [2.75, 3.05) is 31.6 Å². The lowest BCUT2D eigenvalue weighted by Gasteiger charge is -2.20. The molecule has 1 aromatic rings. The van der Waals surface area contributed by atoms with Gasteiger partial charge in [-0.1, -0.05) is 13.8 Å². The lowest BCUT2D eigenvalue weighted by atomic mass is 10.3. The largest absolute Gasteiger partial charge is 0.378 e. The molecule has 0 unspecified atom stereocenters. The molecule has 0 spiro atoms. The molecule has 0 aliphatic heterocycles. The molecule has 1 aromatic heterocycles. The van der Waals surface area contributed by atoms with Crippen molar-refractivity contribution in [1.29, 1.82) is 0 Å². The fourth-order valence-electron chi connectivity index (χ4n) is 2.42. The molecule has 4 nitrogen and oxygen atoms in total. The van der Waals surface area contributed by atoms with E-state index in [1.807, 2.05) is 11.3 Å². The van der Waals surface area contributed by atoms with E-state index in [4.69, 9.17) is 9.72 Å². The summed E-state index contributed by atoms with van der Waals surface area (Å²) in [6.07, 6.45) is 5.12.